The van der Waals surface area contributed by atoms with Crippen LogP contribution in [0.15, 0.2) is 66.8 Å². The first-order chi connectivity index (χ1) is 16.3. The highest BCUT2D eigenvalue weighted by atomic mass is 32.1. The first kappa shape index (κ1) is 25.8. The molecule has 4 nitrogen and oxygen atoms in total. The van der Waals surface area contributed by atoms with Crippen LogP contribution >= 0.6 is 11.3 Å². The third-order valence-corrected chi connectivity index (χ3v) is 7.04. The second-order valence-electron chi connectivity index (χ2n) is 8.56. The summed E-state index contributed by atoms with van der Waals surface area (Å²) in [4.78, 5) is 26.6. The van der Waals surface area contributed by atoms with Crippen molar-refractivity contribution in [3.63, 3.8) is 0 Å². The number of rotatable bonds is 12. The molecule has 1 fully saturated rings. The molecule has 1 amide bonds. The van der Waals surface area contributed by atoms with Crippen molar-refractivity contribution >= 4 is 23.2 Å². The summed E-state index contributed by atoms with van der Waals surface area (Å²) in [5, 5.41) is 0. The number of nitrogens with zero attached hydrogens (tertiary/aromatic N) is 1. The number of amides is 1. The van der Waals surface area contributed by atoms with Crippen LogP contribution in [-0.4, -0.2) is 42.4 Å². The number of methoxy groups -OCH3 is 1. The average Bonchev–Trinajstić information content (AvgIpc) is 3.37. The summed E-state index contributed by atoms with van der Waals surface area (Å²) < 4.78 is 33.0. The van der Waals surface area contributed by atoms with Gasteiger partial charge in [-0.1, -0.05) is 54.6 Å². The number of likely N-dealkylation sites (tertiary alicyclic amines) is 1. The fraction of sp³-hybridized carbons (Fsp3) is 0.407. The molecule has 3 rings (SSSR count). The van der Waals surface area contributed by atoms with Crippen molar-refractivity contribution in [3.8, 4) is 0 Å². The van der Waals surface area contributed by atoms with Crippen molar-refractivity contribution in [2.75, 3.05) is 13.7 Å². The number of esters is 1. The van der Waals surface area contributed by atoms with Crippen molar-refractivity contribution < 1.29 is 23.1 Å². The van der Waals surface area contributed by atoms with Crippen LogP contribution in [0, 0.1) is 0 Å². The first-order valence-electron chi connectivity index (χ1n) is 11.5. The van der Waals surface area contributed by atoms with Gasteiger partial charge < -0.3 is 9.64 Å². The number of benzene rings is 1. The predicted octanol–water partition coefficient (Wildman–Crippen LogP) is 6.23. The van der Waals surface area contributed by atoms with E-state index >= 15 is 0 Å². The molecular weight excluding hydrogens is 456 g/mol. The highest BCUT2D eigenvalue weighted by molar-refractivity contribution is 7.13. The molecule has 1 aliphatic heterocycles. The number of halogens is 2. The average molecular weight is 488 g/mol. The molecule has 1 saturated heterocycles. The number of carbonyl (C=O) groups excluding carboxylic acids is 2. The van der Waals surface area contributed by atoms with E-state index in [0.717, 1.165) is 29.7 Å². The van der Waals surface area contributed by atoms with Gasteiger partial charge in [0, 0.05) is 17.8 Å². The van der Waals surface area contributed by atoms with Crippen LogP contribution < -0.4 is 0 Å². The highest BCUT2D eigenvalue weighted by Crippen LogP contribution is 2.34. The molecule has 1 atom stereocenters. The van der Waals surface area contributed by atoms with Gasteiger partial charge in [-0.2, -0.15) is 8.78 Å². The van der Waals surface area contributed by atoms with Gasteiger partial charge in [0.1, 0.15) is 4.88 Å². The van der Waals surface area contributed by atoms with Crippen LogP contribution in [0.3, 0.4) is 0 Å². The van der Waals surface area contributed by atoms with Crippen molar-refractivity contribution in [3.05, 3.63) is 82.1 Å². The van der Waals surface area contributed by atoms with E-state index in [4.69, 9.17) is 4.74 Å². The van der Waals surface area contributed by atoms with Gasteiger partial charge in [0.15, 0.2) is 0 Å². The molecule has 1 aromatic heterocycles. The van der Waals surface area contributed by atoms with E-state index in [2.05, 4.69) is 18.7 Å². The lowest BCUT2D eigenvalue weighted by atomic mass is 10.0. The molecule has 182 valence electrons. The summed E-state index contributed by atoms with van der Waals surface area (Å²) in [6.07, 6.45) is 7.69. The number of aryl methyl sites for hydroxylation is 2. The normalized spacial score (nSPS) is 17.4. The monoisotopic (exact) mass is 487 g/mol. The third kappa shape index (κ3) is 7.10. The quantitative estimate of drug-likeness (QED) is 0.263. The second kappa shape index (κ2) is 12.1. The smallest absolute Gasteiger partial charge is 0.348 e. The fourth-order valence-corrected chi connectivity index (χ4v) is 5.06. The van der Waals surface area contributed by atoms with Gasteiger partial charge in [-0.05, 0) is 56.2 Å². The van der Waals surface area contributed by atoms with Crippen molar-refractivity contribution in [1.29, 1.82) is 0 Å². The maximum absolute atomic E-state index is 14.1. The zero-order chi connectivity index (χ0) is 24.6. The molecule has 7 heteroatoms. The number of allylic oxidation sites excluding steroid dienone is 2. The van der Waals surface area contributed by atoms with Crippen LogP contribution in [-0.2, 0) is 22.4 Å². The first-order valence-corrected chi connectivity index (χ1v) is 12.3. The largest absolute Gasteiger partial charge is 0.465 e. The van der Waals surface area contributed by atoms with Crippen molar-refractivity contribution in [2.45, 2.75) is 56.9 Å². The van der Waals surface area contributed by atoms with Crippen LogP contribution in [0.4, 0.5) is 8.78 Å². The standard InChI is InChI=1S/C27H31F2NO3S/c1-20(9-6-13-21-11-4-3-5-12-21)10-7-14-22-19-27(28,29)26(32)30(22)18-8-15-23-16-17-24(34-23)25(31)33-2/h3-5,7,11-12,14,16-17,22H,1,6,8-10,13,15,18-19H2,2H3/b14-7+. The molecule has 0 radical (unpaired) electrons. The van der Waals surface area contributed by atoms with Gasteiger partial charge in [-0.15, -0.1) is 11.3 Å². The van der Waals surface area contributed by atoms with E-state index < -0.39 is 30.3 Å². The summed E-state index contributed by atoms with van der Waals surface area (Å²) in [6, 6.07) is 13.2. The summed E-state index contributed by atoms with van der Waals surface area (Å²) in [7, 11) is 1.33. The number of carbonyl (C=O) groups is 2. The number of hydrogen-bond acceptors (Lipinski definition) is 4. The number of ether oxygens (including phenoxy) is 1. The van der Waals surface area contributed by atoms with Gasteiger partial charge in [-0.25, -0.2) is 4.79 Å². The molecular formula is C27H31F2NO3S. The Morgan fingerprint density at radius 2 is 1.97 bits per heavy atom. The zero-order valence-electron chi connectivity index (χ0n) is 19.5. The minimum absolute atomic E-state index is 0.243. The lowest BCUT2D eigenvalue weighted by Gasteiger charge is -2.21. The fourth-order valence-electron chi connectivity index (χ4n) is 4.09. The molecule has 0 spiro atoms. The molecule has 1 unspecified atom stereocenters. The molecule has 0 bridgehead atoms. The van der Waals surface area contributed by atoms with Crippen molar-refractivity contribution in [1.82, 2.24) is 4.90 Å². The SMILES string of the molecule is C=C(C/C=C/C1CC(F)(F)C(=O)N1CCCc1ccc(C(=O)OC)s1)CCCc1ccccc1. The highest BCUT2D eigenvalue weighted by Gasteiger charge is 2.52. The second-order valence-corrected chi connectivity index (χ2v) is 9.73. The van der Waals surface area contributed by atoms with Crippen LogP contribution in [0.2, 0.25) is 0 Å². The molecule has 34 heavy (non-hydrogen) atoms. The van der Waals surface area contributed by atoms with Gasteiger partial charge in [0.2, 0.25) is 0 Å². The molecule has 1 aliphatic rings. The number of thiophene rings is 1. The molecule has 0 saturated carbocycles. The molecule has 2 heterocycles. The van der Waals surface area contributed by atoms with E-state index in [9.17, 15) is 18.4 Å². The Balaban J connectivity index is 1.47. The van der Waals surface area contributed by atoms with Crippen LogP contribution in [0.5, 0.6) is 0 Å². The Bertz CT molecular complexity index is 1020. The van der Waals surface area contributed by atoms with Gasteiger partial charge in [0.05, 0.1) is 13.2 Å². The van der Waals surface area contributed by atoms with E-state index in [1.165, 1.54) is 28.9 Å². The Kier molecular flexibility index (Phi) is 9.16. The van der Waals surface area contributed by atoms with E-state index in [-0.39, 0.29) is 6.54 Å². The number of hydrogen-bond donors (Lipinski definition) is 0. The summed E-state index contributed by atoms with van der Waals surface area (Å²) in [5.41, 5.74) is 2.34. The maximum atomic E-state index is 14.1. The van der Waals surface area contributed by atoms with E-state index in [1.807, 2.05) is 30.3 Å². The Morgan fingerprint density at radius 3 is 2.71 bits per heavy atom. The third-order valence-electron chi connectivity index (χ3n) is 5.91. The Hall–Kier alpha value is -2.80. The molecule has 2 aromatic rings. The lowest BCUT2D eigenvalue weighted by molar-refractivity contribution is -0.148. The van der Waals surface area contributed by atoms with Gasteiger partial charge in [-0.3, -0.25) is 4.79 Å². The van der Waals surface area contributed by atoms with Gasteiger partial charge >= 0.3 is 11.9 Å². The molecule has 0 N–H and O–H groups in total. The minimum Gasteiger partial charge on any atom is -0.465 e. The summed E-state index contributed by atoms with van der Waals surface area (Å²) in [5.74, 6) is -4.83. The Labute approximate surface area is 203 Å². The molecule has 1 aromatic carbocycles. The van der Waals surface area contributed by atoms with Crippen LogP contribution in [0.25, 0.3) is 0 Å². The maximum Gasteiger partial charge on any atom is 0.348 e. The van der Waals surface area contributed by atoms with Gasteiger partial charge in [0.25, 0.3) is 5.91 Å². The topological polar surface area (TPSA) is 46.6 Å². The number of alkyl halides is 2. The summed E-state index contributed by atoms with van der Waals surface area (Å²) in [6.45, 7) is 4.35. The lowest BCUT2D eigenvalue weighted by Crippen LogP contribution is -2.36. The minimum atomic E-state index is -3.33. The van der Waals surface area contributed by atoms with E-state index in [1.54, 1.807) is 12.1 Å². The predicted molar refractivity (Wildman–Crippen MR) is 131 cm³/mol. The summed E-state index contributed by atoms with van der Waals surface area (Å²) >= 11 is 1.32. The zero-order valence-corrected chi connectivity index (χ0v) is 20.3. The van der Waals surface area contributed by atoms with Crippen molar-refractivity contribution in [2.24, 2.45) is 0 Å². The molecule has 0 aliphatic carbocycles. The van der Waals surface area contributed by atoms with Crippen LogP contribution in [0.1, 0.15) is 52.2 Å². The van der Waals surface area contributed by atoms with E-state index in [0.29, 0.717) is 24.1 Å². The Morgan fingerprint density at radius 1 is 1.21 bits per heavy atom.